The highest BCUT2D eigenvalue weighted by Gasteiger charge is 2.35. The van der Waals surface area contributed by atoms with Gasteiger partial charge in [0.1, 0.15) is 0 Å². The molecule has 2 aromatic carbocycles. The maximum Gasteiger partial charge on any atom is 0.259 e. The third-order valence-corrected chi connectivity index (χ3v) is 6.60. The van der Waals surface area contributed by atoms with E-state index in [-0.39, 0.29) is 36.1 Å². The lowest BCUT2D eigenvalue weighted by molar-refractivity contribution is -0.123. The summed E-state index contributed by atoms with van der Waals surface area (Å²) in [5.41, 5.74) is 3.80. The molecule has 40 heavy (non-hydrogen) atoms. The number of aromatic nitrogens is 2. The van der Waals surface area contributed by atoms with Crippen LogP contribution in [-0.2, 0) is 30.5 Å². The lowest BCUT2D eigenvalue weighted by Gasteiger charge is -2.12. The minimum Gasteiger partial charge on any atom is -0.389 e. The number of ether oxygens (including phenoxy) is 1. The van der Waals surface area contributed by atoms with Gasteiger partial charge in [0, 0.05) is 77.2 Å². The molecule has 11 heteroatoms. The van der Waals surface area contributed by atoms with Gasteiger partial charge in [0.05, 0.1) is 30.4 Å². The maximum absolute atomic E-state index is 13.3. The van der Waals surface area contributed by atoms with Crippen LogP contribution in [0.5, 0.6) is 0 Å². The second kappa shape index (κ2) is 10.8. The molecule has 4 aromatic rings. The molecule has 0 saturated carbocycles. The molecule has 1 unspecified atom stereocenters. The minimum absolute atomic E-state index is 0.133. The van der Waals surface area contributed by atoms with E-state index in [0.717, 1.165) is 5.52 Å². The number of carbonyl (C=O) groups is 4. The normalized spacial score (nSPS) is 14.2. The zero-order valence-electron chi connectivity index (χ0n) is 22.3. The Hall–Kier alpha value is -4.74. The SMILES string of the molecule is CCOCC(O)Cn1cc(C2=C(c3c[nH]c4ccc(NC(C)=O)cc34)C(=O)NC2=O)c2cc(NC(C)=O)ccc21. The summed E-state index contributed by atoms with van der Waals surface area (Å²) < 4.78 is 7.16. The summed E-state index contributed by atoms with van der Waals surface area (Å²) in [5.74, 6) is -1.61. The summed E-state index contributed by atoms with van der Waals surface area (Å²) in [5, 5.41) is 19.7. The van der Waals surface area contributed by atoms with Gasteiger partial charge in [0.2, 0.25) is 11.8 Å². The molecule has 0 radical (unpaired) electrons. The number of anilines is 2. The van der Waals surface area contributed by atoms with E-state index in [1.807, 2.05) is 6.92 Å². The predicted octanol–water partition coefficient (Wildman–Crippen LogP) is 3.00. The number of nitrogens with zero attached hydrogens (tertiary/aromatic N) is 1. The first-order valence-corrected chi connectivity index (χ1v) is 12.8. The fourth-order valence-electron chi connectivity index (χ4n) is 5.04. The fraction of sp³-hybridized carbons (Fsp3) is 0.241. The van der Waals surface area contributed by atoms with Crippen LogP contribution in [0.25, 0.3) is 33.0 Å². The van der Waals surface area contributed by atoms with Gasteiger partial charge in [-0.25, -0.2) is 0 Å². The Morgan fingerprint density at radius 3 is 2.23 bits per heavy atom. The van der Waals surface area contributed by atoms with E-state index in [0.29, 0.717) is 45.4 Å². The first kappa shape index (κ1) is 26.9. The van der Waals surface area contributed by atoms with Crippen molar-refractivity contribution in [2.75, 3.05) is 23.8 Å². The number of rotatable bonds is 9. The van der Waals surface area contributed by atoms with Gasteiger partial charge in [-0.3, -0.25) is 24.5 Å². The molecular formula is C29H29N5O6. The molecule has 0 spiro atoms. The van der Waals surface area contributed by atoms with Gasteiger partial charge in [0.15, 0.2) is 0 Å². The summed E-state index contributed by atoms with van der Waals surface area (Å²) in [6, 6.07) is 10.5. The number of benzene rings is 2. The monoisotopic (exact) mass is 543 g/mol. The third kappa shape index (κ3) is 5.12. The lowest BCUT2D eigenvalue weighted by atomic mass is 9.95. The van der Waals surface area contributed by atoms with Gasteiger partial charge in [-0.1, -0.05) is 0 Å². The predicted molar refractivity (Wildman–Crippen MR) is 151 cm³/mol. The standard InChI is InChI=1S/C29H29N5O6/c1-4-40-14-19(37)12-34-13-23(21-10-18(32-16(3)36)6-8-25(21)34)27-26(28(38)33-29(27)39)22-11-30-24-7-5-17(9-20(22)24)31-15(2)35/h5-11,13,19,30,37H,4,12,14H2,1-3H3,(H,31,35)(H,32,36)(H,33,38,39). The Morgan fingerprint density at radius 1 is 0.950 bits per heavy atom. The van der Waals surface area contributed by atoms with Crippen LogP contribution >= 0.6 is 0 Å². The Morgan fingerprint density at radius 2 is 1.57 bits per heavy atom. The van der Waals surface area contributed by atoms with Crippen LogP contribution in [0.15, 0.2) is 48.8 Å². The highest BCUT2D eigenvalue weighted by Crippen LogP contribution is 2.39. The van der Waals surface area contributed by atoms with E-state index in [9.17, 15) is 24.3 Å². The van der Waals surface area contributed by atoms with Crippen LogP contribution in [-0.4, -0.2) is 57.6 Å². The van der Waals surface area contributed by atoms with E-state index < -0.39 is 17.9 Å². The highest BCUT2D eigenvalue weighted by molar-refractivity contribution is 6.50. The topological polar surface area (TPSA) is 155 Å². The largest absolute Gasteiger partial charge is 0.389 e. The van der Waals surface area contributed by atoms with Crippen molar-refractivity contribution < 1.29 is 29.0 Å². The molecular weight excluding hydrogens is 514 g/mol. The van der Waals surface area contributed by atoms with Crippen LogP contribution in [0.4, 0.5) is 11.4 Å². The number of amides is 4. The van der Waals surface area contributed by atoms with E-state index in [1.54, 1.807) is 53.4 Å². The lowest BCUT2D eigenvalue weighted by Crippen LogP contribution is -2.22. The number of aliphatic hydroxyl groups is 1. The van der Waals surface area contributed by atoms with Crippen molar-refractivity contribution in [3.63, 3.8) is 0 Å². The van der Waals surface area contributed by atoms with Gasteiger partial charge < -0.3 is 30.0 Å². The third-order valence-electron chi connectivity index (χ3n) is 6.60. The molecule has 1 atom stereocenters. The van der Waals surface area contributed by atoms with E-state index >= 15 is 0 Å². The second-order valence-corrected chi connectivity index (χ2v) is 9.60. The van der Waals surface area contributed by atoms with E-state index in [1.165, 1.54) is 13.8 Å². The highest BCUT2D eigenvalue weighted by atomic mass is 16.5. The zero-order valence-corrected chi connectivity index (χ0v) is 22.3. The van der Waals surface area contributed by atoms with Crippen molar-refractivity contribution in [1.29, 1.82) is 0 Å². The summed E-state index contributed by atoms with van der Waals surface area (Å²) in [6.07, 6.45) is 2.57. The van der Waals surface area contributed by atoms with Crippen molar-refractivity contribution in [1.82, 2.24) is 14.9 Å². The number of H-pyrrole nitrogens is 1. The quantitative estimate of drug-likeness (QED) is 0.205. The first-order chi connectivity index (χ1) is 19.2. The number of carbonyl (C=O) groups excluding carboxylic acids is 4. The molecule has 0 saturated heterocycles. The molecule has 5 N–H and O–H groups in total. The van der Waals surface area contributed by atoms with Gasteiger partial charge >= 0.3 is 0 Å². The second-order valence-electron chi connectivity index (χ2n) is 9.60. The summed E-state index contributed by atoms with van der Waals surface area (Å²) >= 11 is 0. The number of hydrogen-bond donors (Lipinski definition) is 5. The maximum atomic E-state index is 13.3. The molecule has 11 nitrogen and oxygen atoms in total. The number of aliphatic hydroxyl groups excluding tert-OH is 1. The smallest absolute Gasteiger partial charge is 0.259 e. The molecule has 3 heterocycles. The van der Waals surface area contributed by atoms with E-state index in [2.05, 4.69) is 20.9 Å². The molecule has 5 rings (SSSR count). The molecule has 206 valence electrons. The molecule has 1 aliphatic rings. The molecule has 2 aromatic heterocycles. The van der Waals surface area contributed by atoms with Crippen LogP contribution in [0.2, 0.25) is 0 Å². The molecule has 1 aliphatic heterocycles. The molecule has 0 fully saturated rings. The number of imide groups is 1. The summed E-state index contributed by atoms with van der Waals surface area (Å²) in [7, 11) is 0. The average Bonchev–Trinajstić information content (AvgIpc) is 3.54. The average molecular weight is 544 g/mol. The van der Waals surface area contributed by atoms with Gasteiger partial charge in [0.25, 0.3) is 11.8 Å². The minimum atomic E-state index is -0.813. The van der Waals surface area contributed by atoms with Crippen molar-refractivity contribution in [3.05, 3.63) is 59.9 Å². The number of aromatic amines is 1. The van der Waals surface area contributed by atoms with Crippen LogP contribution in [0, 0.1) is 0 Å². The molecule has 4 amide bonds. The Kier molecular flexibility index (Phi) is 7.24. The van der Waals surface area contributed by atoms with E-state index in [4.69, 9.17) is 4.74 Å². The first-order valence-electron chi connectivity index (χ1n) is 12.8. The Balaban J connectivity index is 1.72. The van der Waals surface area contributed by atoms with Crippen LogP contribution in [0.3, 0.4) is 0 Å². The number of fused-ring (bicyclic) bond motifs is 2. The molecule has 0 aliphatic carbocycles. The Labute approximate surface area is 229 Å². The van der Waals surface area contributed by atoms with Gasteiger partial charge in [-0.2, -0.15) is 0 Å². The van der Waals surface area contributed by atoms with Crippen molar-refractivity contribution in [3.8, 4) is 0 Å². The summed E-state index contributed by atoms with van der Waals surface area (Å²) in [6.45, 7) is 5.42. The van der Waals surface area contributed by atoms with Gasteiger partial charge in [-0.05, 0) is 43.3 Å². The molecule has 0 bridgehead atoms. The summed E-state index contributed by atoms with van der Waals surface area (Å²) in [4.78, 5) is 53.1. The fourth-order valence-corrected chi connectivity index (χ4v) is 5.04. The number of nitrogens with one attached hydrogen (secondary N) is 4. The Bertz CT molecular complexity index is 1710. The van der Waals surface area contributed by atoms with Crippen molar-refractivity contribution >= 4 is 68.0 Å². The van der Waals surface area contributed by atoms with Crippen molar-refractivity contribution in [2.24, 2.45) is 0 Å². The zero-order chi connectivity index (χ0) is 28.6. The van der Waals surface area contributed by atoms with Crippen LogP contribution in [0.1, 0.15) is 31.9 Å². The van der Waals surface area contributed by atoms with Crippen LogP contribution < -0.4 is 16.0 Å². The van der Waals surface area contributed by atoms with Gasteiger partial charge in [-0.15, -0.1) is 0 Å². The van der Waals surface area contributed by atoms with Crippen molar-refractivity contribution in [2.45, 2.75) is 33.4 Å². The number of hydrogen-bond acceptors (Lipinski definition) is 6.